The van der Waals surface area contributed by atoms with E-state index in [0.717, 1.165) is 32.1 Å². The average Bonchev–Trinajstić information content (AvgIpc) is 2.73. The van der Waals surface area contributed by atoms with Gasteiger partial charge in [-0.3, -0.25) is 0 Å². The Labute approximate surface area is 180 Å². The Balaban J connectivity index is 1.94. The second kappa shape index (κ2) is 12.1. The molecule has 0 saturated heterocycles. The highest BCUT2D eigenvalue weighted by molar-refractivity contribution is 7.89. The van der Waals surface area contributed by atoms with Crippen molar-refractivity contribution < 1.29 is 13.5 Å². The minimum atomic E-state index is -3.90. The van der Waals surface area contributed by atoms with Crippen molar-refractivity contribution in [1.82, 2.24) is 5.32 Å². The zero-order chi connectivity index (χ0) is 22.0. The second-order valence-corrected chi connectivity index (χ2v) is 9.31. The van der Waals surface area contributed by atoms with Gasteiger partial charge in [0.2, 0.25) is 10.0 Å². The number of rotatable bonds is 13. The third kappa shape index (κ3) is 8.07. The van der Waals surface area contributed by atoms with Crippen LogP contribution in [0.5, 0.6) is 0 Å². The fraction of sp³-hybridized carbons (Fsp3) is 0.478. The molecule has 0 aliphatic rings. The van der Waals surface area contributed by atoms with Crippen molar-refractivity contribution >= 4 is 15.7 Å². The van der Waals surface area contributed by atoms with E-state index in [1.807, 2.05) is 18.2 Å². The lowest BCUT2D eigenvalue weighted by Crippen LogP contribution is -2.31. The average molecular weight is 434 g/mol. The van der Waals surface area contributed by atoms with E-state index in [1.165, 1.54) is 11.6 Å². The SMILES string of the molecule is CCCCCNc1ccc(C(O)CNC(C)CCc2ccccc2)cc1S(N)(=O)=O. The van der Waals surface area contributed by atoms with Gasteiger partial charge in [-0.25, -0.2) is 13.6 Å². The third-order valence-electron chi connectivity index (χ3n) is 5.16. The standard InChI is InChI=1S/C23H35N3O3S/c1-3-4-8-15-25-21-14-13-20(16-23(21)30(24,28)29)22(27)17-26-18(2)11-12-19-9-6-5-7-10-19/h5-7,9-10,13-14,16,18,22,25-27H,3-4,8,11-12,15,17H2,1-2H3,(H2,24,28,29). The van der Waals surface area contributed by atoms with E-state index in [1.54, 1.807) is 12.1 Å². The van der Waals surface area contributed by atoms with Crippen LogP contribution in [-0.2, 0) is 16.4 Å². The number of nitrogens with one attached hydrogen (secondary N) is 2. The molecule has 2 atom stereocenters. The summed E-state index contributed by atoms with van der Waals surface area (Å²) in [5, 5.41) is 22.4. The van der Waals surface area contributed by atoms with Crippen LogP contribution in [0.2, 0.25) is 0 Å². The summed E-state index contributed by atoms with van der Waals surface area (Å²) in [7, 11) is -3.90. The van der Waals surface area contributed by atoms with Crippen molar-refractivity contribution in [2.45, 2.75) is 63.0 Å². The Bertz CT molecular complexity index is 873. The van der Waals surface area contributed by atoms with E-state index < -0.39 is 16.1 Å². The predicted molar refractivity (Wildman–Crippen MR) is 123 cm³/mol. The Morgan fingerprint density at radius 1 is 1.10 bits per heavy atom. The predicted octanol–water partition coefficient (Wildman–Crippen LogP) is 3.58. The molecule has 2 rings (SSSR count). The van der Waals surface area contributed by atoms with Crippen molar-refractivity contribution in [3.05, 3.63) is 59.7 Å². The molecule has 0 aliphatic heterocycles. The lowest BCUT2D eigenvalue weighted by molar-refractivity contribution is 0.170. The molecule has 5 N–H and O–H groups in total. The van der Waals surface area contributed by atoms with Gasteiger partial charge in [0, 0.05) is 19.1 Å². The number of benzene rings is 2. The molecule has 0 radical (unpaired) electrons. The van der Waals surface area contributed by atoms with Gasteiger partial charge in [0.1, 0.15) is 4.90 Å². The molecular formula is C23H35N3O3S. The zero-order valence-electron chi connectivity index (χ0n) is 18.0. The van der Waals surface area contributed by atoms with Crippen molar-refractivity contribution in [1.29, 1.82) is 0 Å². The largest absolute Gasteiger partial charge is 0.387 e. The first kappa shape index (κ1) is 24.3. The van der Waals surface area contributed by atoms with Gasteiger partial charge in [-0.2, -0.15) is 0 Å². The number of sulfonamides is 1. The van der Waals surface area contributed by atoms with Crippen molar-refractivity contribution in [2.75, 3.05) is 18.4 Å². The molecule has 0 spiro atoms. The van der Waals surface area contributed by atoms with E-state index in [9.17, 15) is 13.5 Å². The quantitative estimate of drug-likeness (QED) is 0.362. The highest BCUT2D eigenvalue weighted by Crippen LogP contribution is 2.25. The first-order chi connectivity index (χ1) is 14.3. The summed E-state index contributed by atoms with van der Waals surface area (Å²) < 4.78 is 24.1. The smallest absolute Gasteiger partial charge is 0.240 e. The molecule has 2 aromatic rings. The number of hydrogen-bond acceptors (Lipinski definition) is 5. The Morgan fingerprint density at radius 3 is 2.50 bits per heavy atom. The molecule has 0 heterocycles. The Hall–Kier alpha value is -1.93. The van der Waals surface area contributed by atoms with Crippen LogP contribution in [0.3, 0.4) is 0 Å². The highest BCUT2D eigenvalue weighted by atomic mass is 32.2. The maximum Gasteiger partial charge on any atom is 0.240 e. The number of anilines is 1. The third-order valence-corrected chi connectivity index (χ3v) is 6.11. The van der Waals surface area contributed by atoms with Gasteiger partial charge in [-0.15, -0.1) is 0 Å². The molecule has 0 amide bonds. The Morgan fingerprint density at radius 2 is 1.83 bits per heavy atom. The highest BCUT2D eigenvalue weighted by Gasteiger charge is 2.18. The van der Waals surface area contributed by atoms with E-state index >= 15 is 0 Å². The summed E-state index contributed by atoms with van der Waals surface area (Å²) in [5.74, 6) is 0. The van der Waals surface area contributed by atoms with Crippen molar-refractivity contribution in [2.24, 2.45) is 5.14 Å². The summed E-state index contributed by atoms with van der Waals surface area (Å²) in [6.07, 6.45) is 4.20. The number of aliphatic hydroxyl groups excluding tert-OH is 1. The number of primary sulfonamides is 1. The minimum absolute atomic E-state index is 0.0210. The number of aliphatic hydroxyl groups is 1. The summed E-state index contributed by atoms with van der Waals surface area (Å²) in [6.45, 7) is 5.21. The molecule has 7 heteroatoms. The molecule has 30 heavy (non-hydrogen) atoms. The van der Waals surface area contributed by atoms with Crippen LogP contribution in [0.15, 0.2) is 53.4 Å². The molecule has 0 bridgehead atoms. The topological polar surface area (TPSA) is 104 Å². The maximum atomic E-state index is 12.0. The maximum absolute atomic E-state index is 12.0. The molecule has 0 aromatic heterocycles. The van der Waals surface area contributed by atoms with Crippen LogP contribution in [-0.4, -0.2) is 32.7 Å². The summed E-state index contributed by atoms with van der Waals surface area (Å²) >= 11 is 0. The van der Waals surface area contributed by atoms with Crippen molar-refractivity contribution in [3.63, 3.8) is 0 Å². The second-order valence-electron chi connectivity index (χ2n) is 7.78. The van der Waals surface area contributed by atoms with Crippen LogP contribution in [0.1, 0.15) is 56.8 Å². The van der Waals surface area contributed by atoms with Crippen molar-refractivity contribution in [3.8, 4) is 0 Å². The summed E-state index contributed by atoms with van der Waals surface area (Å²) in [4.78, 5) is 0.0210. The molecule has 0 aliphatic carbocycles. The fourth-order valence-electron chi connectivity index (χ4n) is 3.29. The van der Waals surface area contributed by atoms with Gasteiger partial charge in [0.15, 0.2) is 0 Å². The molecule has 166 valence electrons. The fourth-order valence-corrected chi connectivity index (χ4v) is 4.03. The molecule has 0 saturated carbocycles. The van der Waals surface area contributed by atoms with E-state index in [0.29, 0.717) is 24.3 Å². The number of unbranched alkanes of at least 4 members (excludes halogenated alkanes) is 2. The van der Waals surface area contributed by atoms with Gasteiger partial charge in [0.25, 0.3) is 0 Å². The van der Waals surface area contributed by atoms with Crippen LogP contribution >= 0.6 is 0 Å². The van der Waals surface area contributed by atoms with Gasteiger partial charge < -0.3 is 15.7 Å². The minimum Gasteiger partial charge on any atom is -0.387 e. The van der Waals surface area contributed by atoms with Gasteiger partial charge >= 0.3 is 0 Å². The van der Waals surface area contributed by atoms with Crippen LogP contribution in [0.4, 0.5) is 5.69 Å². The number of hydrogen-bond donors (Lipinski definition) is 4. The molecule has 2 aromatic carbocycles. The Kier molecular flexibility index (Phi) is 9.78. The molecular weight excluding hydrogens is 398 g/mol. The molecule has 6 nitrogen and oxygen atoms in total. The number of aryl methyl sites for hydroxylation is 1. The van der Waals surface area contributed by atoms with E-state index in [4.69, 9.17) is 5.14 Å². The number of nitrogens with two attached hydrogens (primary N) is 1. The molecule has 0 fully saturated rings. The van der Waals surface area contributed by atoms with Crippen LogP contribution < -0.4 is 15.8 Å². The van der Waals surface area contributed by atoms with Gasteiger partial charge in [-0.1, -0.05) is 56.2 Å². The normalized spacial score (nSPS) is 13.7. The van der Waals surface area contributed by atoms with Gasteiger partial charge in [0.05, 0.1) is 11.8 Å². The van der Waals surface area contributed by atoms with E-state index in [-0.39, 0.29) is 10.9 Å². The van der Waals surface area contributed by atoms with Crippen LogP contribution in [0.25, 0.3) is 0 Å². The monoisotopic (exact) mass is 433 g/mol. The summed E-state index contributed by atoms with van der Waals surface area (Å²) in [6, 6.07) is 15.4. The molecule has 2 unspecified atom stereocenters. The van der Waals surface area contributed by atoms with E-state index in [2.05, 4.69) is 36.6 Å². The first-order valence-corrected chi connectivity index (χ1v) is 12.2. The summed E-state index contributed by atoms with van der Waals surface area (Å²) in [5.41, 5.74) is 2.29. The van der Waals surface area contributed by atoms with Gasteiger partial charge in [-0.05, 0) is 49.4 Å². The zero-order valence-corrected chi connectivity index (χ0v) is 18.8. The van der Waals surface area contributed by atoms with Crippen LogP contribution in [0, 0.1) is 0 Å². The first-order valence-electron chi connectivity index (χ1n) is 10.7. The lowest BCUT2D eigenvalue weighted by atomic mass is 10.1. The lowest BCUT2D eigenvalue weighted by Gasteiger charge is -2.19.